The highest BCUT2D eigenvalue weighted by Gasteiger charge is 2.21. The van der Waals surface area contributed by atoms with E-state index in [2.05, 4.69) is 26.3 Å². The number of hydrogen-bond donors (Lipinski definition) is 3. The third-order valence-corrected chi connectivity index (χ3v) is 6.82. The van der Waals surface area contributed by atoms with E-state index in [0.29, 0.717) is 31.1 Å². The topological polar surface area (TPSA) is 139 Å². The van der Waals surface area contributed by atoms with Crippen molar-refractivity contribution >= 4 is 39.2 Å². The van der Waals surface area contributed by atoms with E-state index in [0.717, 1.165) is 45.1 Å². The van der Waals surface area contributed by atoms with Crippen LogP contribution >= 0.6 is 11.3 Å². The van der Waals surface area contributed by atoms with E-state index in [1.807, 2.05) is 24.3 Å². The number of carbonyl (C=O) groups is 1. The van der Waals surface area contributed by atoms with Crippen molar-refractivity contribution in [2.75, 3.05) is 36.9 Å². The predicted octanol–water partition coefficient (Wildman–Crippen LogP) is 2.23. The number of nitrogens with two attached hydrogens (primary N) is 1. The summed E-state index contributed by atoms with van der Waals surface area (Å²) in [5.74, 6) is 1.20. The Balaban J connectivity index is 1.54. The van der Waals surface area contributed by atoms with Crippen LogP contribution in [0, 0.1) is 0 Å². The molecule has 1 aliphatic rings. The van der Waals surface area contributed by atoms with Crippen LogP contribution in [0.3, 0.4) is 0 Å². The van der Waals surface area contributed by atoms with Gasteiger partial charge in [-0.25, -0.2) is 19.9 Å². The molecule has 1 atom stereocenters. The summed E-state index contributed by atoms with van der Waals surface area (Å²) in [4.78, 5) is 32.9. The molecule has 1 saturated heterocycles. The van der Waals surface area contributed by atoms with Gasteiger partial charge in [-0.3, -0.25) is 4.79 Å². The number of morpholine rings is 1. The van der Waals surface area contributed by atoms with Crippen LogP contribution in [-0.4, -0.2) is 63.4 Å². The minimum absolute atomic E-state index is 0.200. The number of thiophene rings is 1. The average molecular weight is 492 g/mol. The highest BCUT2D eigenvalue weighted by atomic mass is 32.1. The molecule has 0 saturated carbocycles. The SMILES string of the molecule is CC(O)C(=O)NCc1cccc(-c2cc3nc(-c4cnc(N)nc4)nc(N4CCOCC4)c3s2)c1. The molecule has 4 aromatic rings. The average Bonchev–Trinajstić information content (AvgIpc) is 3.32. The van der Waals surface area contributed by atoms with Crippen molar-refractivity contribution in [3.8, 4) is 21.8 Å². The van der Waals surface area contributed by atoms with E-state index >= 15 is 0 Å². The molecule has 180 valence electrons. The number of fused-ring (bicyclic) bond motifs is 1. The molecule has 1 amide bonds. The van der Waals surface area contributed by atoms with Gasteiger partial charge in [0.15, 0.2) is 11.6 Å². The molecule has 4 N–H and O–H groups in total. The van der Waals surface area contributed by atoms with Crippen molar-refractivity contribution in [1.82, 2.24) is 25.3 Å². The number of anilines is 2. The van der Waals surface area contributed by atoms with Crippen LogP contribution < -0.4 is 16.0 Å². The molecule has 11 heteroatoms. The van der Waals surface area contributed by atoms with E-state index in [4.69, 9.17) is 20.4 Å². The maximum Gasteiger partial charge on any atom is 0.248 e. The molecule has 1 unspecified atom stereocenters. The number of rotatable bonds is 6. The van der Waals surface area contributed by atoms with Gasteiger partial charge in [0.25, 0.3) is 0 Å². The standard InChI is InChI=1S/C24H25N7O3S/c1-14(32)23(33)26-11-15-3-2-4-16(9-15)19-10-18-20(35-19)22(31-5-7-34-8-6-31)30-21(29-18)17-12-27-24(25)28-13-17/h2-4,9-10,12-14,32H,5-8,11H2,1H3,(H,26,33)(H2,25,27,28). The molecule has 1 fully saturated rings. The molecule has 4 heterocycles. The number of aliphatic hydroxyl groups excluding tert-OH is 1. The molecule has 1 aromatic carbocycles. The monoisotopic (exact) mass is 491 g/mol. The van der Waals surface area contributed by atoms with Gasteiger partial charge in [0, 0.05) is 36.9 Å². The lowest BCUT2D eigenvalue weighted by molar-refractivity contribution is -0.128. The maximum atomic E-state index is 11.7. The molecule has 0 spiro atoms. The van der Waals surface area contributed by atoms with Gasteiger partial charge in [-0.05, 0) is 30.2 Å². The summed E-state index contributed by atoms with van der Waals surface area (Å²) in [6.07, 6.45) is 2.22. The van der Waals surface area contributed by atoms with Crippen LogP contribution in [0.4, 0.5) is 11.8 Å². The van der Waals surface area contributed by atoms with Gasteiger partial charge in [0.2, 0.25) is 11.9 Å². The molecule has 5 rings (SSSR count). The molecule has 0 radical (unpaired) electrons. The van der Waals surface area contributed by atoms with Crippen molar-refractivity contribution in [3.63, 3.8) is 0 Å². The molecule has 10 nitrogen and oxygen atoms in total. The summed E-state index contributed by atoms with van der Waals surface area (Å²) in [7, 11) is 0. The molecular weight excluding hydrogens is 466 g/mol. The summed E-state index contributed by atoms with van der Waals surface area (Å²) in [6.45, 7) is 4.56. The second-order valence-electron chi connectivity index (χ2n) is 8.22. The van der Waals surface area contributed by atoms with Crippen molar-refractivity contribution in [3.05, 3.63) is 48.3 Å². The second kappa shape index (κ2) is 9.90. The fourth-order valence-corrected chi connectivity index (χ4v) is 4.91. The normalized spacial score (nSPS) is 14.7. The summed E-state index contributed by atoms with van der Waals surface area (Å²) in [5, 5.41) is 12.2. The lowest BCUT2D eigenvalue weighted by Crippen LogP contribution is -2.36. The Morgan fingerprint density at radius 2 is 1.97 bits per heavy atom. The fraction of sp³-hybridized carbons (Fsp3) is 0.292. The number of nitrogen functional groups attached to an aromatic ring is 1. The summed E-state index contributed by atoms with van der Waals surface area (Å²) in [6, 6.07) is 10.0. The first-order valence-electron chi connectivity index (χ1n) is 11.2. The van der Waals surface area contributed by atoms with Crippen LogP contribution in [0.25, 0.3) is 32.0 Å². The smallest absolute Gasteiger partial charge is 0.248 e. The number of aromatic nitrogens is 4. The Hall–Kier alpha value is -3.67. The van der Waals surface area contributed by atoms with Gasteiger partial charge >= 0.3 is 0 Å². The highest BCUT2D eigenvalue weighted by Crippen LogP contribution is 2.39. The van der Waals surface area contributed by atoms with Crippen molar-refractivity contribution in [1.29, 1.82) is 0 Å². The van der Waals surface area contributed by atoms with E-state index in [-0.39, 0.29) is 5.95 Å². The van der Waals surface area contributed by atoms with E-state index in [9.17, 15) is 9.90 Å². The second-order valence-corrected chi connectivity index (χ2v) is 9.27. The van der Waals surface area contributed by atoms with Crippen LogP contribution in [0.5, 0.6) is 0 Å². The molecular formula is C24H25N7O3S. The summed E-state index contributed by atoms with van der Waals surface area (Å²) in [5.41, 5.74) is 9.14. The highest BCUT2D eigenvalue weighted by molar-refractivity contribution is 7.22. The molecule has 1 aliphatic heterocycles. The first-order chi connectivity index (χ1) is 17.0. The summed E-state index contributed by atoms with van der Waals surface area (Å²) < 4.78 is 6.54. The van der Waals surface area contributed by atoms with Crippen molar-refractivity contribution in [2.45, 2.75) is 19.6 Å². The molecule has 3 aromatic heterocycles. The van der Waals surface area contributed by atoms with Crippen LogP contribution in [-0.2, 0) is 16.1 Å². The van der Waals surface area contributed by atoms with E-state index < -0.39 is 12.0 Å². The Kier molecular flexibility index (Phi) is 6.53. The maximum absolute atomic E-state index is 11.7. The third kappa shape index (κ3) is 5.06. The minimum Gasteiger partial charge on any atom is -0.384 e. The van der Waals surface area contributed by atoms with Gasteiger partial charge in [0.1, 0.15) is 6.10 Å². The third-order valence-electron chi connectivity index (χ3n) is 5.65. The summed E-state index contributed by atoms with van der Waals surface area (Å²) >= 11 is 1.63. The first kappa shape index (κ1) is 23.1. The zero-order chi connectivity index (χ0) is 24.4. The number of amides is 1. The Morgan fingerprint density at radius 1 is 1.20 bits per heavy atom. The Bertz CT molecular complexity index is 1350. The fourth-order valence-electron chi connectivity index (χ4n) is 3.80. The van der Waals surface area contributed by atoms with Crippen LogP contribution in [0.1, 0.15) is 12.5 Å². The zero-order valence-corrected chi connectivity index (χ0v) is 20.0. The number of aliphatic hydroxyl groups is 1. The number of hydrogen-bond acceptors (Lipinski definition) is 10. The van der Waals surface area contributed by atoms with Gasteiger partial charge < -0.3 is 25.8 Å². The molecule has 0 aliphatic carbocycles. The Labute approximate surface area is 205 Å². The number of nitrogens with one attached hydrogen (secondary N) is 1. The quantitative estimate of drug-likeness (QED) is 0.370. The van der Waals surface area contributed by atoms with Crippen LogP contribution in [0.15, 0.2) is 42.7 Å². The van der Waals surface area contributed by atoms with Gasteiger partial charge in [-0.1, -0.05) is 18.2 Å². The van der Waals surface area contributed by atoms with E-state index in [1.54, 1.807) is 23.7 Å². The van der Waals surface area contributed by atoms with Gasteiger partial charge in [-0.2, -0.15) is 0 Å². The molecule has 0 bridgehead atoms. The largest absolute Gasteiger partial charge is 0.384 e. The number of nitrogens with zero attached hydrogens (tertiary/aromatic N) is 5. The van der Waals surface area contributed by atoms with Gasteiger partial charge in [-0.15, -0.1) is 11.3 Å². The van der Waals surface area contributed by atoms with E-state index in [1.165, 1.54) is 6.92 Å². The van der Waals surface area contributed by atoms with Crippen LogP contribution in [0.2, 0.25) is 0 Å². The number of benzene rings is 1. The Morgan fingerprint density at radius 3 is 2.71 bits per heavy atom. The number of ether oxygens (including phenoxy) is 1. The number of carbonyl (C=O) groups excluding carboxylic acids is 1. The zero-order valence-electron chi connectivity index (χ0n) is 19.1. The first-order valence-corrected chi connectivity index (χ1v) is 12.1. The predicted molar refractivity (Wildman–Crippen MR) is 135 cm³/mol. The lowest BCUT2D eigenvalue weighted by atomic mass is 10.1. The minimum atomic E-state index is -1.04. The molecule has 35 heavy (non-hydrogen) atoms. The van der Waals surface area contributed by atoms with Crippen molar-refractivity contribution < 1.29 is 14.6 Å². The van der Waals surface area contributed by atoms with Gasteiger partial charge in [0.05, 0.1) is 29.0 Å². The van der Waals surface area contributed by atoms with Crippen molar-refractivity contribution in [2.24, 2.45) is 0 Å². The lowest BCUT2D eigenvalue weighted by Gasteiger charge is -2.28.